The molecule has 0 atom stereocenters. The number of amides is 1. The molecule has 0 saturated carbocycles. The summed E-state index contributed by atoms with van der Waals surface area (Å²) in [6.07, 6.45) is 0.854. The van der Waals surface area contributed by atoms with Crippen LogP contribution in [-0.4, -0.2) is 38.5 Å². The summed E-state index contributed by atoms with van der Waals surface area (Å²) in [6, 6.07) is 4.76. The van der Waals surface area contributed by atoms with Crippen molar-refractivity contribution in [2.45, 2.75) is 19.9 Å². The number of nitrogens with one attached hydrogen (secondary N) is 1. The Morgan fingerprint density at radius 1 is 1.42 bits per heavy atom. The number of nitrogens with zero attached hydrogens (tertiary/aromatic N) is 3. The fourth-order valence-electron chi connectivity index (χ4n) is 1.74. The number of carbonyl (C=O) groups excluding carboxylic acids is 1. The maximum Gasteiger partial charge on any atom is 0.338 e. The molecule has 0 aliphatic carbocycles. The first-order valence-electron chi connectivity index (χ1n) is 5.95. The van der Waals surface area contributed by atoms with E-state index >= 15 is 0 Å². The van der Waals surface area contributed by atoms with Gasteiger partial charge in [0.25, 0.3) is 0 Å². The lowest BCUT2D eigenvalue weighted by Crippen LogP contribution is -2.28. The fraction of sp³-hybridized carbons (Fsp3) is 0.333. The fourth-order valence-corrected chi connectivity index (χ4v) is 1.74. The average molecular weight is 262 g/mol. The number of hydrogen-bond acceptors (Lipinski definition) is 4. The molecule has 1 aromatic carbocycles. The predicted octanol–water partition coefficient (Wildman–Crippen LogP) is 0.656. The molecule has 100 valence electrons. The van der Waals surface area contributed by atoms with Gasteiger partial charge in [0.15, 0.2) is 0 Å². The first-order valence-corrected chi connectivity index (χ1v) is 5.95. The minimum Gasteiger partial charge on any atom is -0.478 e. The van der Waals surface area contributed by atoms with Gasteiger partial charge in [0.05, 0.1) is 11.1 Å². The van der Waals surface area contributed by atoms with Crippen LogP contribution in [0, 0.1) is 0 Å². The van der Waals surface area contributed by atoms with E-state index in [4.69, 9.17) is 5.11 Å². The summed E-state index contributed by atoms with van der Waals surface area (Å²) < 4.78 is 1.40. The Bertz CT molecular complexity index is 620. The van der Waals surface area contributed by atoms with Crippen LogP contribution in [0.15, 0.2) is 18.2 Å². The molecule has 0 spiro atoms. The zero-order chi connectivity index (χ0) is 13.8. The van der Waals surface area contributed by atoms with Crippen LogP contribution >= 0.6 is 0 Å². The van der Waals surface area contributed by atoms with Crippen molar-refractivity contribution in [1.29, 1.82) is 0 Å². The lowest BCUT2D eigenvalue weighted by Gasteiger charge is -2.04. The summed E-state index contributed by atoms with van der Waals surface area (Å²) in [6.45, 7) is 2.59. The van der Waals surface area contributed by atoms with Gasteiger partial charge in [-0.2, -0.15) is 0 Å². The Kier molecular flexibility index (Phi) is 3.74. The van der Waals surface area contributed by atoms with E-state index in [2.05, 4.69) is 15.6 Å². The number of fused-ring (bicyclic) bond motifs is 1. The van der Waals surface area contributed by atoms with Crippen molar-refractivity contribution >= 4 is 22.9 Å². The molecule has 0 aliphatic heterocycles. The van der Waals surface area contributed by atoms with Crippen molar-refractivity contribution in [1.82, 2.24) is 20.3 Å². The zero-order valence-corrected chi connectivity index (χ0v) is 10.5. The van der Waals surface area contributed by atoms with E-state index in [1.165, 1.54) is 10.7 Å². The van der Waals surface area contributed by atoms with Crippen molar-refractivity contribution in [3.63, 3.8) is 0 Å². The molecule has 2 N–H and O–H groups in total. The molecule has 0 unspecified atom stereocenters. The number of rotatable bonds is 5. The third kappa shape index (κ3) is 2.70. The number of benzene rings is 1. The summed E-state index contributed by atoms with van der Waals surface area (Å²) in [5.74, 6) is -1.23. The topological polar surface area (TPSA) is 97.1 Å². The highest BCUT2D eigenvalue weighted by Crippen LogP contribution is 2.15. The molecule has 0 aliphatic rings. The van der Waals surface area contributed by atoms with E-state index in [-0.39, 0.29) is 18.0 Å². The third-order valence-electron chi connectivity index (χ3n) is 2.64. The summed E-state index contributed by atoms with van der Waals surface area (Å²) >= 11 is 0. The molecule has 7 heteroatoms. The zero-order valence-electron chi connectivity index (χ0n) is 10.5. The number of aromatic carboxylic acids is 1. The van der Waals surface area contributed by atoms with Gasteiger partial charge in [-0.3, -0.25) is 4.79 Å². The second-order valence-corrected chi connectivity index (χ2v) is 4.08. The van der Waals surface area contributed by atoms with Gasteiger partial charge in [-0.15, -0.1) is 5.10 Å². The smallest absolute Gasteiger partial charge is 0.338 e. The van der Waals surface area contributed by atoms with Gasteiger partial charge in [-0.25, -0.2) is 9.48 Å². The van der Waals surface area contributed by atoms with Crippen molar-refractivity contribution < 1.29 is 14.7 Å². The van der Waals surface area contributed by atoms with Crippen LogP contribution in [0.4, 0.5) is 0 Å². The lowest BCUT2D eigenvalue weighted by molar-refractivity contribution is -0.121. The quantitative estimate of drug-likeness (QED) is 0.824. The SMILES string of the molecule is CCCNC(=O)Cn1nnc2c(C(=O)O)cccc21. The summed E-state index contributed by atoms with van der Waals surface area (Å²) in [4.78, 5) is 22.6. The van der Waals surface area contributed by atoms with Gasteiger partial charge < -0.3 is 10.4 Å². The third-order valence-corrected chi connectivity index (χ3v) is 2.64. The van der Waals surface area contributed by atoms with Crippen LogP contribution in [0.5, 0.6) is 0 Å². The highest BCUT2D eigenvalue weighted by molar-refractivity contribution is 6.00. The molecule has 0 saturated heterocycles. The molecule has 2 rings (SSSR count). The molecule has 0 fully saturated rings. The van der Waals surface area contributed by atoms with E-state index < -0.39 is 5.97 Å². The van der Waals surface area contributed by atoms with Crippen molar-refractivity contribution in [3.05, 3.63) is 23.8 Å². The van der Waals surface area contributed by atoms with Gasteiger partial charge in [-0.05, 0) is 18.6 Å². The molecule has 0 radical (unpaired) electrons. The Balaban J connectivity index is 2.28. The molecule has 19 heavy (non-hydrogen) atoms. The maximum absolute atomic E-state index is 11.6. The highest BCUT2D eigenvalue weighted by atomic mass is 16.4. The van der Waals surface area contributed by atoms with Crippen LogP contribution < -0.4 is 5.32 Å². The molecular weight excluding hydrogens is 248 g/mol. The van der Waals surface area contributed by atoms with Gasteiger partial charge in [0.1, 0.15) is 12.1 Å². The van der Waals surface area contributed by atoms with E-state index in [1.54, 1.807) is 12.1 Å². The normalized spacial score (nSPS) is 10.6. The van der Waals surface area contributed by atoms with E-state index in [0.29, 0.717) is 17.6 Å². The number of carbonyl (C=O) groups is 2. The number of hydrogen-bond donors (Lipinski definition) is 2. The van der Waals surface area contributed by atoms with Crippen LogP contribution in [0.1, 0.15) is 23.7 Å². The number of carboxylic acid groups (broad SMARTS) is 1. The molecule has 1 amide bonds. The molecule has 7 nitrogen and oxygen atoms in total. The standard InChI is InChI=1S/C12H14N4O3/c1-2-6-13-10(17)7-16-9-5-3-4-8(12(18)19)11(9)14-15-16/h3-5H,2,6-7H2,1H3,(H,13,17)(H,18,19). The molecule has 2 aromatic rings. The Hall–Kier alpha value is -2.44. The summed E-state index contributed by atoms with van der Waals surface area (Å²) in [5, 5.41) is 19.4. The average Bonchev–Trinajstić information content (AvgIpc) is 2.79. The predicted molar refractivity (Wildman–Crippen MR) is 67.8 cm³/mol. The monoisotopic (exact) mass is 262 g/mol. The van der Waals surface area contributed by atoms with Gasteiger partial charge in [-0.1, -0.05) is 18.2 Å². The van der Waals surface area contributed by atoms with Crippen molar-refractivity contribution in [2.24, 2.45) is 0 Å². The minimum atomic E-state index is -1.06. The minimum absolute atomic E-state index is 0.0274. The van der Waals surface area contributed by atoms with Gasteiger partial charge in [0, 0.05) is 6.54 Å². The Morgan fingerprint density at radius 3 is 2.89 bits per heavy atom. The van der Waals surface area contributed by atoms with Crippen molar-refractivity contribution in [3.8, 4) is 0 Å². The van der Waals surface area contributed by atoms with Crippen LogP contribution in [0.2, 0.25) is 0 Å². The van der Waals surface area contributed by atoms with Gasteiger partial charge >= 0.3 is 5.97 Å². The molecular formula is C12H14N4O3. The number of aromatic nitrogens is 3. The van der Waals surface area contributed by atoms with Crippen LogP contribution in [0.25, 0.3) is 11.0 Å². The summed E-state index contributed by atoms with van der Waals surface area (Å²) in [5.41, 5.74) is 0.905. The Morgan fingerprint density at radius 2 is 2.21 bits per heavy atom. The summed E-state index contributed by atoms with van der Waals surface area (Å²) in [7, 11) is 0. The van der Waals surface area contributed by atoms with Crippen LogP contribution in [0.3, 0.4) is 0 Å². The van der Waals surface area contributed by atoms with E-state index in [9.17, 15) is 9.59 Å². The first kappa shape index (κ1) is 13.0. The highest BCUT2D eigenvalue weighted by Gasteiger charge is 2.14. The molecule has 0 bridgehead atoms. The molecule has 1 heterocycles. The largest absolute Gasteiger partial charge is 0.478 e. The Labute approximate surface area is 109 Å². The van der Waals surface area contributed by atoms with E-state index in [1.807, 2.05) is 6.92 Å². The second-order valence-electron chi connectivity index (χ2n) is 4.08. The van der Waals surface area contributed by atoms with Crippen LogP contribution in [-0.2, 0) is 11.3 Å². The van der Waals surface area contributed by atoms with Crippen molar-refractivity contribution in [2.75, 3.05) is 6.54 Å². The van der Waals surface area contributed by atoms with Gasteiger partial charge in [0.2, 0.25) is 5.91 Å². The van der Waals surface area contributed by atoms with E-state index in [0.717, 1.165) is 6.42 Å². The first-order chi connectivity index (χ1) is 9.13. The molecule has 1 aromatic heterocycles. The lowest BCUT2D eigenvalue weighted by atomic mass is 10.2. The number of carboxylic acids is 1. The maximum atomic E-state index is 11.6. The second kappa shape index (κ2) is 5.47.